The van der Waals surface area contributed by atoms with E-state index in [2.05, 4.69) is 21.5 Å². The first-order valence-corrected chi connectivity index (χ1v) is 8.73. The van der Waals surface area contributed by atoms with Crippen LogP contribution in [0.2, 0.25) is 0 Å². The van der Waals surface area contributed by atoms with Gasteiger partial charge in [-0.15, -0.1) is 0 Å². The third kappa shape index (κ3) is 3.59. The van der Waals surface area contributed by atoms with Crippen LogP contribution in [0.3, 0.4) is 0 Å². The first kappa shape index (κ1) is 16.3. The van der Waals surface area contributed by atoms with Crippen molar-refractivity contribution in [1.82, 2.24) is 20.1 Å². The largest absolute Gasteiger partial charge is 0.493 e. The molecular weight excluding hydrogens is 328 g/mol. The minimum atomic E-state index is -0.0708. The van der Waals surface area contributed by atoms with E-state index in [1.807, 2.05) is 48.5 Å². The quantitative estimate of drug-likeness (QED) is 0.770. The van der Waals surface area contributed by atoms with Gasteiger partial charge in [0.05, 0.1) is 6.61 Å². The van der Waals surface area contributed by atoms with E-state index < -0.39 is 0 Å². The summed E-state index contributed by atoms with van der Waals surface area (Å²) in [6.07, 6.45) is 2.49. The van der Waals surface area contributed by atoms with Crippen molar-refractivity contribution in [3.05, 3.63) is 66.5 Å². The molecule has 132 valence electrons. The number of aromatic nitrogens is 3. The molecule has 0 fully saturated rings. The average Bonchev–Trinajstić information content (AvgIpc) is 3.15. The zero-order valence-electron chi connectivity index (χ0n) is 14.3. The summed E-state index contributed by atoms with van der Waals surface area (Å²) in [5.41, 5.74) is 2.09. The van der Waals surface area contributed by atoms with Gasteiger partial charge in [-0.1, -0.05) is 48.5 Å². The van der Waals surface area contributed by atoms with Crippen LogP contribution in [0.4, 0.5) is 0 Å². The Balaban J connectivity index is 1.35. The molecule has 1 amide bonds. The molecule has 3 aromatic rings. The lowest BCUT2D eigenvalue weighted by Crippen LogP contribution is -2.33. The zero-order valence-corrected chi connectivity index (χ0v) is 14.3. The molecule has 1 atom stereocenters. The van der Waals surface area contributed by atoms with Crippen molar-refractivity contribution >= 4 is 5.91 Å². The molecule has 1 aliphatic heterocycles. The number of carbonyl (C=O) groups is 1. The molecule has 26 heavy (non-hydrogen) atoms. The molecule has 1 aromatic heterocycles. The monoisotopic (exact) mass is 348 g/mol. The zero-order chi connectivity index (χ0) is 17.8. The minimum absolute atomic E-state index is 0.0708. The number of rotatable bonds is 5. The standard InChI is InChI=1S/C20H20N4O2/c25-19(13-24-14-22-20(23-24)15-6-2-1-3-7-15)21-12-16-10-11-26-18-9-5-4-8-17(16)18/h1-9,14,16H,10-13H2,(H,21,25)/t16-/m1/s1. The number of nitrogens with zero attached hydrogens (tertiary/aromatic N) is 3. The summed E-state index contributed by atoms with van der Waals surface area (Å²) in [5, 5.41) is 7.38. The van der Waals surface area contributed by atoms with E-state index in [9.17, 15) is 4.79 Å². The predicted octanol–water partition coefficient (Wildman–Crippen LogP) is 2.63. The van der Waals surface area contributed by atoms with Gasteiger partial charge in [-0.25, -0.2) is 9.67 Å². The van der Waals surface area contributed by atoms with Crippen LogP contribution in [0.25, 0.3) is 11.4 Å². The van der Waals surface area contributed by atoms with Crippen molar-refractivity contribution in [2.45, 2.75) is 18.9 Å². The van der Waals surface area contributed by atoms with Crippen LogP contribution in [-0.4, -0.2) is 33.8 Å². The fraction of sp³-hybridized carbons (Fsp3) is 0.250. The lowest BCUT2D eigenvalue weighted by atomic mass is 9.93. The maximum Gasteiger partial charge on any atom is 0.241 e. The highest BCUT2D eigenvalue weighted by molar-refractivity contribution is 5.75. The van der Waals surface area contributed by atoms with Crippen molar-refractivity contribution in [1.29, 1.82) is 0 Å². The Bertz CT molecular complexity index is 892. The second kappa shape index (κ2) is 7.39. The van der Waals surface area contributed by atoms with Crippen LogP contribution >= 0.6 is 0 Å². The Labute approximate surface area is 151 Å². The third-order valence-electron chi connectivity index (χ3n) is 4.50. The van der Waals surface area contributed by atoms with Gasteiger partial charge in [-0.05, 0) is 18.1 Å². The molecule has 0 saturated carbocycles. The second-order valence-corrected chi connectivity index (χ2v) is 6.31. The summed E-state index contributed by atoms with van der Waals surface area (Å²) >= 11 is 0. The summed E-state index contributed by atoms with van der Waals surface area (Å²) < 4.78 is 7.23. The summed E-state index contributed by atoms with van der Waals surface area (Å²) in [6, 6.07) is 17.7. The highest BCUT2D eigenvalue weighted by atomic mass is 16.5. The predicted molar refractivity (Wildman–Crippen MR) is 97.8 cm³/mol. The molecule has 2 heterocycles. The van der Waals surface area contributed by atoms with Gasteiger partial charge in [-0.2, -0.15) is 5.10 Å². The van der Waals surface area contributed by atoms with E-state index in [0.29, 0.717) is 19.0 Å². The van der Waals surface area contributed by atoms with Gasteiger partial charge in [0.15, 0.2) is 5.82 Å². The molecule has 0 spiro atoms. The van der Waals surface area contributed by atoms with E-state index in [-0.39, 0.29) is 18.4 Å². The topological polar surface area (TPSA) is 69.0 Å². The molecule has 0 aliphatic carbocycles. The number of carbonyl (C=O) groups excluding carboxylic acids is 1. The van der Waals surface area contributed by atoms with Crippen LogP contribution < -0.4 is 10.1 Å². The van der Waals surface area contributed by atoms with Crippen LogP contribution in [0.5, 0.6) is 5.75 Å². The SMILES string of the molecule is O=C(Cn1cnc(-c2ccccc2)n1)NC[C@H]1CCOc2ccccc21. The summed E-state index contributed by atoms with van der Waals surface area (Å²) in [6.45, 7) is 1.44. The van der Waals surface area contributed by atoms with E-state index >= 15 is 0 Å². The summed E-state index contributed by atoms with van der Waals surface area (Å²) in [7, 11) is 0. The number of hydrogen-bond acceptors (Lipinski definition) is 4. The van der Waals surface area contributed by atoms with Gasteiger partial charge in [0.1, 0.15) is 18.6 Å². The van der Waals surface area contributed by atoms with Gasteiger partial charge in [0.2, 0.25) is 5.91 Å². The number of benzene rings is 2. The molecule has 6 heteroatoms. The molecule has 1 aliphatic rings. The van der Waals surface area contributed by atoms with Crippen molar-refractivity contribution in [2.24, 2.45) is 0 Å². The molecule has 0 radical (unpaired) electrons. The van der Waals surface area contributed by atoms with E-state index in [1.165, 1.54) is 0 Å². The maximum absolute atomic E-state index is 12.3. The van der Waals surface area contributed by atoms with E-state index in [1.54, 1.807) is 11.0 Å². The van der Waals surface area contributed by atoms with Crippen molar-refractivity contribution in [3.63, 3.8) is 0 Å². The van der Waals surface area contributed by atoms with E-state index in [0.717, 1.165) is 23.3 Å². The Morgan fingerprint density at radius 3 is 2.85 bits per heavy atom. The summed E-state index contributed by atoms with van der Waals surface area (Å²) in [4.78, 5) is 16.6. The van der Waals surface area contributed by atoms with Crippen molar-refractivity contribution in [3.8, 4) is 17.1 Å². The van der Waals surface area contributed by atoms with Gasteiger partial charge in [-0.3, -0.25) is 4.79 Å². The Morgan fingerprint density at radius 1 is 1.15 bits per heavy atom. The van der Waals surface area contributed by atoms with Crippen LogP contribution in [0.1, 0.15) is 17.9 Å². The van der Waals surface area contributed by atoms with Crippen LogP contribution in [0.15, 0.2) is 60.9 Å². The number of fused-ring (bicyclic) bond motifs is 1. The highest BCUT2D eigenvalue weighted by Gasteiger charge is 2.21. The van der Waals surface area contributed by atoms with Gasteiger partial charge in [0, 0.05) is 18.0 Å². The number of hydrogen-bond donors (Lipinski definition) is 1. The first-order valence-electron chi connectivity index (χ1n) is 8.73. The van der Waals surface area contributed by atoms with Gasteiger partial charge >= 0.3 is 0 Å². The van der Waals surface area contributed by atoms with Crippen LogP contribution in [0, 0.1) is 0 Å². The molecule has 0 unspecified atom stereocenters. The molecule has 1 N–H and O–H groups in total. The molecule has 2 aromatic carbocycles. The number of para-hydroxylation sites is 1. The second-order valence-electron chi connectivity index (χ2n) is 6.31. The lowest BCUT2D eigenvalue weighted by Gasteiger charge is -2.26. The molecule has 0 saturated heterocycles. The molecular formula is C20H20N4O2. The molecule has 0 bridgehead atoms. The Hall–Kier alpha value is -3.15. The number of amides is 1. The molecule has 6 nitrogen and oxygen atoms in total. The smallest absolute Gasteiger partial charge is 0.241 e. The van der Waals surface area contributed by atoms with Gasteiger partial charge in [0.25, 0.3) is 0 Å². The average molecular weight is 348 g/mol. The normalized spacial score (nSPS) is 15.8. The highest BCUT2D eigenvalue weighted by Crippen LogP contribution is 2.32. The van der Waals surface area contributed by atoms with Crippen LogP contribution in [-0.2, 0) is 11.3 Å². The fourth-order valence-electron chi connectivity index (χ4n) is 3.16. The third-order valence-corrected chi connectivity index (χ3v) is 4.50. The fourth-order valence-corrected chi connectivity index (χ4v) is 3.16. The minimum Gasteiger partial charge on any atom is -0.493 e. The number of nitrogens with one attached hydrogen (secondary N) is 1. The summed E-state index contributed by atoms with van der Waals surface area (Å²) in [5.74, 6) is 1.75. The maximum atomic E-state index is 12.3. The Morgan fingerprint density at radius 2 is 1.96 bits per heavy atom. The van der Waals surface area contributed by atoms with Crippen molar-refractivity contribution in [2.75, 3.05) is 13.2 Å². The molecule has 4 rings (SSSR count). The first-order chi connectivity index (χ1) is 12.8. The Kier molecular flexibility index (Phi) is 4.64. The van der Waals surface area contributed by atoms with Crippen molar-refractivity contribution < 1.29 is 9.53 Å². The number of ether oxygens (including phenoxy) is 1. The van der Waals surface area contributed by atoms with Gasteiger partial charge < -0.3 is 10.1 Å². The lowest BCUT2D eigenvalue weighted by molar-refractivity contribution is -0.121. The van der Waals surface area contributed by atoms with E-state index in [4.69, 9.17) is 4.74 Å².